The molecule has 0 spiro atoms. The lowest BCUT2D eigenvalue weighted by Gasteiger charge is -2.39. The van der Waals surface area contributed by atoms with Gasteiger partial charge in [0.1, 0.15) is 18.8 Å². The fourth-order valence-electron chi connectivity index (χ4n) is 2.61. The van der Waals surface area contributed by atoms with E-state index in [0.717, 1.165) is 5.56 Å². The molecule has 7 nitrogen and oxygen atoms in total. The Morgan fingerprint density at radius 2 is 1.84 bits per heavy atom. The number of esters is 2. The minimum atomic E-state index is -0.861. The first-order valence-corrected chi connectivity index (χ1v) is 8.14. The van der Waals surface area contributed by atoms with Gasteiger partial charge in [0.15, 0.2) is 0 Å². The number of benzene rings is 1. The van der Waals surface area contributed by atoms with E-state index in [4.69, 9.17) is 23.7 Å². The maximum Gasteiger partial charge on any atom is 0.305 e. The molecule has 4 atom stereocenters. The van der Waals surface area contributed by atoms with Crippen molar-refractivity contribution in [1.82, 2.24) is 0 Å². The topological polar surface area (TPSA) is 80.3 Å². The van der Waals surface area contributed by atoms with Crippen molar-refractivity contribution >= 4 is 11.9 Å². The molecule has 1 aromatic carbocycles. The van der Waals surface area contributed by atoms with Crippen LogP contribution in [0.15, 0.2) is 30.3 Å². The molecule has 0 aromatic heterocycles. The summed E-state index contributed by atoms with van der Waals surface area (Å²) in [5, 5.41) is 0. The van der Waals surface area contributed by atoms with E-state index in [0.29, 0.717) is 13.0 Å². The quantitative estimate of drug-likeness (QED) is 0.693. The van der Waals surface area contributed by atoms with Crippen molar-refractivity contribution < 1.29 is 33.3 Å². The van der Waals surface area contributed by atoms with Crippen LogP contribution in [0, 0.1) is 0 Å². The standard InChI is InChI=1S/C18H24O7/c1-12(19)22-11-17-15(23-10-14-7-5-4-6-8-14)9-16(21-3)18(25-17)24-13(2)20/h4-8,15-18H,9-11H2,1-3H3/t15-,16+,17+,18?/m0/s1. The molecule has 0 saturated carbocycles. The third kappa shape index (κ3) is 6.12. The summed E-state index contributed by atoms with van der Waals surface area (Å²) >= 11 is 0. The lowest BCUT2D eigenvalue weighted by Crippen LogP contribution is -2.52. The SMILES string of the molecule is CO[C@@H]1C[C@H](OCc2ccccc2)[C@@H](COC(C)=O)OC1OC(C)=O. The van der Waals surface area contributed by atoms with Crippen LogP contribution in [0.25, 0.3) is 0 Å². The Balaban J connectivity index is 2.04. The summed E-state index contributed by atoms with van der Waals surface area (Å²) in [6.07, 6.45) is -1.79. The Labute approximate surface area is 147 Å². The number of carbonyl (C=O) groups excluding carboxylic acids is 2. The summed E-state index contributed by atoms with van der Waals surface area (Å²) in [5.41, 5.74) is 1.02. The van der Waals surface area contributed by atoms with Crippen LogP contribution in [0.3, 0.4) is 0 Å². The van der Waals surface area contributed by atoms with Gasteiger partial charge in [-0.2, -0.15) is 0 Å². The van der Waals surface area contributed by atoms with Gasteiger partial charge in [0.2, 0.25) is 6.29 Å². The first kappa shape index (κ1) is 19.4. The number of rotatable bonds is 7. The summed E-state index contributed by atoms with van der Waals surface area (Å²) in [5.74, 6) is -0.884. The van der Waals surface area contributed by atoms with Gasteiger partial charge in [0, 0.05) is 27.4 Å². The third-order valence-corrected chi connectivity index (χ3v) is 3.83. The van der Waals surface area contributed by atoms with Crippen LogP contribution in [0.5, 0.6) is 0 Å². The van der Waals surface area contributed by atoms with E-state index in [2.05, 4.69) is 0 Å². The molecule has 1 heterocycles. The number of methoxy groups -OCH3 is 1. The van der Waals surface area contributed by atoms with Crippen molar-refractivity contribution in [2.24, 2.45) is 0 Å². The zero-order chi connectivity index (χ0) is 18.2. The van der Waals surface area contributed by atoms with Crippen LogP contribution in [0.1, 0.15) is 25.8 Å². The average molecular weight is 352 g/mol. The van der Waals surface area contributed by atoms with Crippen LogP contribution < -0.4 is 0 Å². The molecule has 2 rings (SSSR count). The van der Waals surface area contributed by atoms with E-state index in [-0.39, 0.29) is 12.7 Å². The summed E-state index contributed by atoms with van der Waals surface area (Å²) in [7, 11) is 1.52. The predicted octanol–water partition coefficient (Wildman–Crippen LogP) is 1.83. The van der Waals surface area contributed by atoms with Gasteiger partial charge in [-0.25, -0.2) is 0 Å². The molecule has 25 heavy (non-hydrogen) atoms. The third-order valence-electron chi connectivity index (χ3n) is 3.83. The first-order chi connectivity index (χ1) is 12.0. The lowest BCUT2D eigenvalue weighted by molar-refractivity contribution is -0.274. The minimum absolute atomic E-state index is 0.0169. The molecule has 1 unspecified atom stereocenters. The van der Waals surface area contributed by atoms with E-state index in [1.165, 1.54) is 21.0 Å². The monoisotopic (exact) mass is 352 g/mol. The van der Waals surface area contributed by atoms with Crippen molar-refractivity contribution in [3.8, 4) is 0 Å². The summed E-state index contributed by atoms with van der Waals surface area (Å²) in [4.78, 5) is 22.4. The first-order valence-electron chi connectivity index (χ1n) is 8.14. The minimum Gasteiger partial charge on any atom is -0.463 e. The van der Waals surface area contributed by atoms with Crippen molar-refractivity contribution in [2.45, 2.75) is 51.5 Å². The highest BCUT2D eigenvalue weighted by atomic mass is 16.7. The van der Waals surface area contributed by atoms with E-state index in [1.807, 2.05) is 30.3 Å². The molecular weight excluding hydrogens is 328 g/mol. The Bertz CT molecular complexity index is 560. The van der Waals surface area contributed by atoms with Gasteiger partial charge < -0.3 is 23.7 Å². The van der Waals surface area contributed by atoms with Gasteiger partial charge in [0.05, 0.1) is 12.7 Å². The van der Waals surface area contributed by atoms with Crippen molar-refractivity contribution in [3.05, 3.63) is 35.9 Å². The zero-order valence-electron chi connectivity index (χ0n) is 14.7. The zero-order valence-corrected chi connectivity index (χ0v) is 14.7. The smallest absolute Gasteiger partial charge is 0.305 e. The molecule has 1 fully saturated rings. The van der Waals surface area contributed by atoms with Gasteiger partial charge in [-0.1, -0.05) is 30.3 Å². The molecule has 1 aromatic rings. The van der Waals surface area contributed by atoms with E-state index in [9.17, 15) is 9.59 Å². The molecule has 0 aliphatic carbocycles. The molecule has 0 amide bonds. The molecule has 0 radical (unpaired) electrons. The van der Waals surface area contributed by atoms with Gasteiger partial charge >= 0.3 is 11.9 Å². The van der Waals surface area contributed by atoms with Gasteiger partial charge in [-0.3, -0.25) is 9.59 Å². The summed E-state index contributed by atoms with van der Waals surface area (Å²) in [6, 6.07) is 9.71. The van der Waals surface area contributed by atoms with Gasteiger partial charge in [0.25, 0.3) is 0 Å². The van der Waals surface area contributed by atoms with Crippen molar-refractivity contribution in [1.29, 1.82) is 0 Å². The molecule has 1 aliphatic rings. The Hall–Kier alpha value is -1.96. The van der Waals surface area contributed by atoms with Crippen LogP contribution >= 0.6 is 0 Å². The normalized spacial score (nSPS) is 26.0. The lowest BCUT2D eigenvalue weighted by atomic mass is 10.0. The maximum absolute atomic E-state index is 11.3. The number of ether oxygens (including phenoxy) is 5. The van der Waals surface area contributed by atoms with E-state index >= 15 is 0 Å². The second-order valence-corrected chi connectivity index (χ2v) is 5.80. The second kappa shape index (κ2) is 9.50. The van der Waals surface area contributed by atoms with Crippen molar-refractivity contribution in [2.75, 3.05) is 13.7 Å². The molecule has 0 N–H and O–H groups in total. The van der Waals surface area contributed by atoms with Crippen LogP contribution in [-0.4, -0.2) is 50.3 Å². The number of hydrogen-bond donors (Lipinski definition) is 0. The van der Waals surface area contributed by atoms with E-state index < -0.39 is 30.4 Å². The molecule has 1 saturated heterocycles. The van der Waals surface area contributed by atoms with Gasteiger partial charge in [-0.05, 0) is 5.56 Å². The Morgan fingerprint density at radius 3 is 2.44 bits per heavy atom. The molecule has 138 valence electrons. The second-order valence-electron chi connectivity index (χ2n) is 5.80. The molecular formula is C18H24O7. The van der Waals surface area contributed by atoms with Gasteiger partial charge in [-0.15, -0.1) is 0 Å². The predicted molar refractivity (Wildman–Crippen MR) is 87.5 cm³/mol. The Kier molecular flexibility index (Phi) is 7.36. The van der Waals surface area contributed by atoms with Crippen LogP contribution in [-0.2, 0) is 39.9 Å². The highest BCUT2D eigenvalue weighted by molar-refractivity contribution is 5.66. The van der Waals surface area contributed by atoms with E-state index in [1.54, 1.807) is 0 Å². The molecule has 7 heteroatoms. The Morgan fingerprint density at radius 1 is 1.12 bits per heavy atom. The summed E-state index contributed by atoms with van der Waals surface area (Å²) in [6.45, 7) is 3.03. The van der Waals surface area contributed by atoms with Crippen molar-refractivity contribution in [3.63, 3.8) is 0 Å². The fraction of sp³-hybridized carbons (Fsp3) is 0.556. The highest BCUT2D eigenvalue weighted by Crippen LogP contribution is 2.27. The molecule has 1 aliphatic heterocycles. The van der Waals surface area contributed by atoms with Crippen LogP contribution in [0.2, 0.25) is 0 Å². The fourth-order valence-corrected chi connectivity index (χ4v) is 2.61. The largest absolute Gasteiger partial charge is 0.463 e. The highest BCUT2D eigenvalue weighted by Gasteiger charge is 2.41. The average Bonchev–Trinajstić information content (AvgIpc) is 2.59. The number of carbonyl (C=O) groups is 2. The molecule has 0 bridgehead atoms. The number of hydrogen-bond acceptors (Lipinski definition) is 7. The summed E-state index contributed by atoms with van der Waals surface area (Å²) < 4.78 is 27.3. The van der Waals surface area contributed by atoms with Crippen LogP contribution in [0.4, 0.5) is 0 Å². The maximum atomic E-state index is 11.3.